The maximum absolute atomic E-state index is 12.7. The van der Waals surface area contributed by atoms with Crippen LogP contribution >= 0.6 is 23.2 Å². The van der Waals surface area contributed by atoms with Gasteiger partial charge in [0.25, 0.3) is 5.91 Å². The summed E-state index contributed by atoms with van der Waals surface area (Å²) in [6.45, 7) is 0. The number of carbonyl (C=O) groups is 2. The summed E-state index contributed by atoms with van der Waals surface area (Å²) in [5.74, 6) is -1.82. The van der Waals surface area contributed by atoms with Crippen LogP contribution < -0.4 is 14.3 Å². The number of aliphatic carboxylic acids is 1. The highest BCUT2D eigenvalue weighted by molar-refractivity contribution is 7.90. The molecule has 0 saturated heterocycles. The molecule has 1 atom stereocenters. The Kier molecular flexibility index (Phi) is 8.16. The van der Waals surface area contributed by atoms with Crippen molar-refractivity contribution in [3.05, 3.63) is 94.0 Å². The van der Waals surface area contributed by atoms with Gasteiger partial charge < -0.3 is 10.4 Å². The third-order valence-corrected chi connectivity index (χ3v) is 7.06. The Morgan fingerprint density at radius 2 is 1.53 bits per heavy atom. The molecule has 3 aromatic rings. The number of anilines is 2. The molecule has 0 aliphatic heterocycles. The summed E-state index contributed by atoms with van der Waals surface area (Å²) in [5, 5.41) is 12.7. The van der Waals surface area contributed by atoms with E-state index >= 15 is 0 Å². The maximum Gasteiger partial charge on any atom is 0.322 e. The van der Waals surface area contributed by atoms with Crippen molar-refractivity contribution in [3.8, 4) is 0 Å². The zero-order valence-electron chi connectivity index (χ0n) is 17.9. The Balaban J connectivity index is 1.70. The van der Waals surface area contributed by atoms with E-state index in [4.69, 9.17) is 23.2 Å². The van der Waals surface area contributed by atoms with Gasteiger partial charge in [-0.1, -0.05) is 59.6 Å². The molecule has 0 radical (unpaired) electrons. The molecule has 1 unspecified atom stereocenters. The number of para-hydroxylation sites is 1. The number of carboxylic acids is 1. The topological polar surface area (TPSA) is 116 Å². The van der Waals surface area contributed by atoms with E-state index < -0.39 is 28.1 Å². The van der Waals surface area contributed by atoms with E-state index in [0.29, 0.717) is 16.9 Å². The molecular formula is C23H21Cl2N3O5S. The van der Waals surface area contributed by atoms with Gasteiger partial charge in [0.1, 0.15) is 6.04 Å². The van der Waals surface area contributed by atoms with Gasteiger partial charge in [-0.2, -0.15) is 13.1 Å². The molecule has 11 heteroatoms. The van der Waals surface area contributed by atoms with Crippen LogP contribution in [0.2, 0.25) is 10.0 Å². The highest BCUT2D eigenvalue weighted by Crippen LogP contribution is 2.25. The average molecular weight is 522 g/mol. The highest BCUT2D eigenvalue weighted by atomic mass is 35.5. The number of carbonyl (C=O) groups excluding carboxylic acids is 1. The average Bonchev–Trinajstić information content (AvgIpc) is 2.79. The van der Waals surface area contributed by atoms with Crippen molar-refractivity contribution in [1.29, 1.82) is 0 Å². The third kappa shape index (κ3) is 6.27. The van der Waals surface area contributed by atoms with Crippen LogP contribution in [0, 0.1) is 0 Å². The van der Waals surface area contributed by atoms with E-state index in [1.165, 1.54) is 7.05 Å². The lowest BCUT2D eigenvalue weighted by atomic mass is 10.1. The Bertz CT molecular complexity index is 1270. The van der Waals surface area contributed by atoms with Crippen molar-refractivity contribution in [3.63, 3.8) is 0 Å². The van der Waals surface area contributed by atoms with Crippen molar-refractivity contribution < 1.29 is 23.1 Å². The van der Waals surface area contributed by atoms with Gasteiger partial charge in [-0.25, -0.2) is 0 Å². The Morgan fingerprint density at radius 1 is 0.941 bits per heavy atom. The lowest BCUT2D eigenvalue weighted by Crippen LogP contribution is -2.48. The van der Waals surface area contributed by atoms with Crippen molar-refractivity contribution in [2.24, 2.45) is 0 Å². The second-order valence-corrected chi connectivity index (χ2v) is 9.82. The Morgan fingerprint density at radius 3 is 2.09 bits per heavy atom. The number of carboxylic acid groups (broad SMARTS) is 1. The summed E-state index contributed by atoms with van der Waals surface area (Å²) < 4.78 is 28.6. The molecule has 0 aliphatic rings. The molecule has 0 saturated carbocycles. The number of halogens is 2. The van der Waals surface area contributed by atoms with Crippen LogP contribution in [0.4, 0.5) is 11.4 Å². The van der Waals surface area contributed by atoms with Gasteiger partial charge in [0.15, 0.2) is 0 Å². The number of hydrogen-bond acceptors (Lipinski definition) is 4. The maximum atomic E-state index is 12.7. The van der Waals surface area contributed by atoms with Crippen molar-refractivity contribution >= 4 is 56.7 Å². The van der Waals surface area contributed by atoms with Gasteiger partial charge in [-0.05, 0) is 48.4 Å². The highest BCUT2D eigenvalue weighted by Gasteiger charge is 2.27. The van der Waals surface area contributed by atoms with E-state index in [2.05, 4.69) is 10.0 Å². The van der Waals surface area contributed by atoms with E-state index in [-0.39, 0.29) is 22.0 Å². The van der Waals surface area contributed by atoms with Gasteiger partial charge in [-0.3, -0.25) is 13.9 Å². The molecule has 0 fully saturated rings. The summed E-state index contributed by atoms with van der Waals surface area (Å²) in [4.78, 5) is 24.3. The number of rotatable bonds is 9. The fourth-order valence-corrected chi connectivity index (χ4v) is 4.75. The molecule has 3 N–H and O–H groups in total. The summed E-state index contributed by atoms with van der Waals surface area (Å²) >= 11 is 12.1. The lowest BCUT2D eigenvalue weighted by Gasteiger charge is -2.23. The molecule has 178 valence electrons. The van der Waals surface area contributed by atoms with Crippen LogP contribution in [-0.2, 0) is 21.4 Å². The Labute approximate surface area is 207 Å². The SMILES string of the molecule is CN(c1ccccc1)S(=O)(=O)NC(Cc1ccc(NC(=O)c2c(Cl)cccc2Cl)cc1)C(=O)O. The molecular weight excluding hydrogens is 501 g/mol. The van der Waals surface area contributed by atoms with E-state index in [9.17, 15) is 23.1 Å². The molecule has 0 aromatic heterocycles. The van der Waals surface area contributed by atoms with E-state index in [0.717, 1.165) is 4.31 Å². The number of nitrogens with one attached hydrogen (secondary N) is 2. The number of benzene rings is 3. The van der Waals surface area contributed by atoms with Crippen LogP contribution in [0.15, 0.2) is 72.8 Å². The number of amides is 1. The van der Waals surface area contributed by atoms with Gasteiger partial charge in [0.05, 0.1) is 21.3 Å². The molecule has 0 heterocycles. The summed E-state index contributed by atoms with van der Waals surface area (Å²) in [5.41, 5.74) is 1.50. The van der Waals surface area contributed by atoms with Crippen LogP contribution in [0.25, 0.3) is 0 Å². The first-order valence-corrected chi connectivity index (χ1v) is 12.2. The van der Waals surface area contributed by atoms with Crippen LogP contribution in [0.1, 0.15) is 15.9 Å². The van der Waals surface area contributed by atoms with E-state index in [1.807, 2.05) is 0 Å². The third-order valence-electron chi connectivity index (χ3n) is 4.91. The molecule has 3 aromatic carbocycles. The molecule has 3 rings (SSSR count). The number of nitrogens with zero attached hydrogens (tertiary/aromatic N) is 1. The summed E-state index contributed by atoms with van der Waals surface area (Å²) in [7, 11) is -2.79. The van der Waals surface area contributed by atoms with Gasteiger partial charge in [0, 0.05) is 12.7 Å². The van der Waals surface area contributed by atoms with Crippen LogP contribution in [0.5, 0.6) is 0 Å². The van der Waals surface area contributed by atoms with Crippen LogP contribution in [0.3, 0.4) is 0 Å². The zero-order valence-corrected chi connectivity index (χ0v) is 20.2. The molecule has 8 nitrogen and oxygen atoms in total. The largest absolute Gasteiger partial charge is 0.480 e. The Hall–Kier alpha value is -3.11. The predicted octanol–water partition coefficient (Wildman–Crippen LogP) is 4.21. The van der Waals surface area contributed by atoms with Crippen molar-refractivity contribution in [1.82, 2.24) is 4.72 Å². The second-order valence-electron chi connectivity index (χ2n) is 7.27. The molecule has 1 amide bonds. The predicted molar refractivity (Wildman–Crippen MR) is 133 cm³/mol. The normalized spacial score (nSPS) is 12.1. The van der Waals surface area contributed by atoms with Gasteiger partial charge >= 0.3 is 16.2 Å². The quantitative estimate of drug-likeness (QED) is 0.390. The van der Waals surface area contributed by atoms with Gasteiger partial charge in [0.2, 0.25) is 0 Å². The summed E-state index contributed by atoms with van der Waals surface area (Å²) in [6, 6.07) is 17.9. The summed E-state index contributed by atoms with van der Waals surface area (Å²) in [6.07, 6.45) is -0.109. The zero-order chi connectivity index (χ0) is 24.9. The van der Waals surface area contributed by atoms with E-state index in [1.54, 1.807) is 72.8 Å². The second kappa shape index (κ2) is 10.9. The molecule has 0 aliphatic carbocycles. The fourth-order valence-electron chi connectivity index (χ4n) is 3.08. The monoisotopic (exact) mass is 521 g/mol. The first kappa shape index (κ1) is 25.5. The fraction of sp³-hybridized carbons (Fsp3) is 0.130. The smallest absolute Gasteiger partial charge is 0.322 e. The number of hydrogen-bond donors (Lipinski definition) is 3. The standard InChI is InChI=1S/C23H21Cl2N3O5S/c1-28(17-6-3-2-4-7-17)34(32,33)27-20(23(30)31)14-15-10-12-16(13-11-15)26-22(29)21-18(24)8-5-9-19(21)25/h2-13,20,27H,14H2,1H3,(H,26,29)(H,30,31). The first-order chi connectivity index (χ1) is 16.1. The minimum absolute atomic E-state index is 0.109. The van der Waals surface area contributed by atoms with Crippen LogP contribution in [-0.4, -0.2) is 38.5 Å². The minimum Gasteiger partial charge on any atom is -0.480 e. The minimum atomic E-state index is -4.12. The first-order valence-electron chi connectivity index (χ1n) is 9.97. The van der Waals surface area contributed by atoms with Crippen molar-refractivity contribution in [2.75, 3.05) is 16.7 Å². The molecule has 0 bridgehead atoms. The lowest BCUT2D eigenvalue weighted by molar-refractivity contribution is -0.138. The molecule has 0 spiro atoms. The van der Waals surface area contributed by atoms with Gasteiger partial charge in [-0.15, -0.1) is 0 Å². The van der Waals surface area contributed by atoms with Crippen molar-refractivity contribution in [2.45, 2.75) is 12.5 Å². The molecule has 34 heavy (non-hydrogen) atoms.